The molecular formula is C15H20O3. The van der Waals surface area contributed by atoms with Crippen LogP contribution < -0.4 is 0 Å². The zero-order valence-corrected chi connectivity index (χ0v) is 10.8. The first-order valence-corrected chi connectivity index (χ1v) is 6.66. The lowest BCUT2D eigenvalue weighted by atomic mass is 9.55. The van der Waals surface area contributed by atoms with E-state index in [0.29, 0.717) is 17.9 Å². The molecule has 3 rings (SSSR count). The lowest BCUT2D eigenvalue weighted by Gasteiger charge is -2.50. The molecule has 0 spiro atoms. The van der Waals surface area contributed by atoms with Gasteiger partial charge in [-0.25, -0.2) is 4.79 Å². The monoisotopic (exact) mass is 248 g/mol. The molecule has 3 aliphatic rings. The van der Waals surface area contributed by atoms with Crippen molar-refractivity contribution in [1.29, 1.82) is 0 Å². The Hall–Kier alpha value is -1.09. The van der Waals surface area contributed by atoms with Crippen LogP contribution in [0.5, 0.6) is 0 Å². The summed E-state index contributed by atoms with van der Waals surface area (Å²) < 4.78 is 5.41. The Morgan fingerprint density at radius 2 is 2.11 bits per heavy atom. The minimum atomic E-state index is -0.296. The summed E-state index contributed by atoms with van der Waals surface area (Å²) in [5.74, 6) is 0.300. The topological polar surface area (TPSA) is 46.5 Å². The van der Waals surface area contributed by atoms with Crippen molar-refractivity contribution in [3.05, 3.63) is 24.3 Å². The number of carbonyl (C=O) groups excluding carboxylic acids is 1. The summed E-state index contributed by atoms with van der Waals surface area (Å²) in [7, 11) is 0. The van der Waals surface area contributed by atoms with Crippen LogP contribution in [0, 0.1) is 17.3 Å². The Morgan fingerprint density at radius 1 is 1.39 bits per heavy atom. The van der Waals surface area contributed by atoms with E-state index in [-0.39, 0.29) is 29.5 Å². The Morgan fingerprint density at radius 3 is 2.83 bits per heavy atom. The van der Waals surface area contributed by atoms with Gasteiger partial charge < -0.3 is 9.84 Å². The van der Waals surface area contributed by atoms with Gasteiger partial charge in [0.1, 0.15) is 6.10 Å². The largest absolute Gasteiger partial charge is 0.458 e. The highest BCUT2D eigenvalue weighted by Gasteiger charge is 2.53. The maximum absolute atomic E-state index is 11.6. The molecule has 2 saturated carbocycles. The van der Waals surface area contributed by atoms with Gasteiger partial charge in [-0.3, -0.25) is 0 Å². The third kappa shape index (κ3) is 1.57. The average molecular weight is 248 g/mol. The average Bonchev–Trinajstić information content (AvgIpc) is 2.50. The quantitative estimate of drug-likeness (QED) is 0.406. The van der Waals surface area contributed by atoms with Crippen LogP contribution in [-0.2, 0) is 9.53 Å². The smallest absolute Gasteiger partial charge is 0.334 e. The molecular weight excluding hydrogens is 228 g/mol. The molecule has 3 heteroatoms. The molecule has 1 aliphatic heterocycles. The van der Waals surface area contributed by atoms with Crippen molar-refractivity contribution in [1.82, 2.24) is 0 Å². The Labute approximate surface area is 108 Å². The van der Waals surface area contributed by atoms with Gasteiger partial charge in [-0.2, -0.15) is 0 Å². The summed E-state index contributed by atoms with van der Waals surface area (Å²) in [6, 6.07) is 0. The molecule has 1 heterocycles. The second-order valence-corrected chi connectivity index (χ2v) is 6.44. The molecule has 0 aromatic rings. The van der Waals surface area contributed by atoms with Crippen LogP contribution in [0.15, 0.2) is 24.3 Å². The predicted octanol–water partition coefficient (Wildman–Crippen LogP) is 2.21. The van der Waals surface area contributed by atoms with E-state index in [1.807, 2.05) is 0 Å². The molecule has 0 unspecified atom stereocenters. The number of aliphatic hydroxyl groups excluding tert-OH is 1. The first kappa shape index (κ1) is 12.0. The van der Waals surface area contributed by atoms with Gasteiger partial charge in [0.2, 0.25) is 0 Å². The second-order valence-electron chi connectivity index (χ2n) is 6.44. The standard InChI is InChI=1S/C15H20O3/c1-8-4-10(16)6-15(3)7-13-11(5-12(8)15)9(2)14(17)18-13/h10-13,16H,1-2,4-7H2,3H3/t10-,11+,12-,13-,15+/m0/s1. The van der Waals surface area contributed by atoms with Gasteiger partial charge in [0.15, 0.2) is 0 Å². The lowest BCUT2D eigenvalue weighted by Crippen LogP contribution is -2.46. The Bertz CT molecular complexity index is 439. The lowest BCUT2D eigenvalue weighted by molar-refractivity contribution is -0.142. The van der Waals surface area contributed by atoms with Crippen LogP contribution >= 0.6 is 0 Å². The highest BCUT2D eigenvalue weighted by molar-refractivity contribution is 5.90. The van der Waals surface area contributed by atoms with E-state index >= 15 is 0 Å². The normalized spacial score (nSPS) is 47.6. The van der Waals surface area contributed by atoms with Crippen molar-refractivity contribution in [2.45, 2.75) is 44.8 Å². The molecule has 0 aromatic heterocycles. The van der Waals surface area contributed by atoms with Gasteiger partial charge >= 0.3 is 5.97 Å². The number of esters is 1. The molecule has 0 radical (unpaired) electrons. The molecule has 0 bridgehead atoms. The molecule has 1 N–H and O–H groups in total. The number of rotatable bonds is 0. The van der Waals surface area contributed by atoms with E-state index in [9.17, 15) is 9.90 Å². The first-order chi connectivity index (χ1) is 8.40. The van der Waals surface area contributed by atoms with Gasteiger partial charge in [0.05, 0.1) is 6.10 Å². The summed E-state index contributed by atoms with van der Waals surface area (Å²) in [6.45, 7) is 10.2. The molecule has 3 nitrogen and oxygen atoms in total. The van der Waals surface area contributed by atoms with E-state index in [4.69, 9.17) is 4.74 Å². The minimum Gasteiger partial charge on any atom is -0.458 e. The maximum Gasteiger partial charge on any atom is 0.334 e. The maximum atomic E-state index is 11.6. The SMILES string of the molecule is C=C1C(=O)O[C@H]2C[C@@]3(C)C[C@@H](O)CC(=C)[C@@H]3C[C@H]12. The van der Waals surface area contributed by atoms with Crippen molar-refractivity contribution in [3.8, 4) is 0 Å². The number of hydrogen-bond acceptors (Lipinski definition) is 3. The second kappa shape index (κ2) is 3.70. The van der Waals surface area contributed by atoms with Crippen LogP contribution in [0.2, 0.25) is 0 Å². The van der Waals surface area contributed by atoms with Crippen molar-refractivity contribution < 1.29 is 14.6 Å². The number of carbonyl (C=O) groups is 1. The van der Waals surface area contributed by atoms with Gasteiger partial charge in [-0.05, 0) is 37.0 Å². The van der Waals surface area contributed by atoms with Crippen molar-refractivity contribution in [3.63, 3.8) is 0 Å². The highest BCUT2D eigenvalue weighted by Crippen LogP contribution is 2.56. The number of ether oxygens (including phenoxy) is 1. The van der Waals surface area contributed by atoms with E-state index in [2.05, 4.69) is 20.1 Å². The third-order valence-corrected chi connectivity index (χ3v) is 5.11. The van der Waals surface area contributed by atoms with Crippen LogP contribution in [0.25, 0.3) is 0 Å². The summed E-state index contributed by atoms with van der Waals surface area (Å²) in [5.41, 5.74) is 1.77. The number of aliphatic hydroxyl groups is 1. The van der Waals surface area contributed by atoms with Gasteiger partial charge in [-0.15, -0.1) is 0 Å². The molecule has 98 valence electrons. The summed E-state index contributed by atoms with van der Waals surface area (Å²) >= 11 is 0. The molecule has 2 aliphatic carbocycles. The van der Waals surface area contributed by atoms with Crippen LogP contribution in [-0.4, -0.2) is 23.3 Å². The zero-order chi connectivity index (χ0) is 13.1. The van der Waals surface area contributed by atoms with E-state index in [1.54, 1.807) is 0 Å². The van der Waals surface area contributed by atoms with Gasteiger partial charge in [-0.1, -0.05) is 25.7 Å². The number of hydrogen-bond donors (Lipinski definition) is 1. The molecule has 18 heavy (non-hydrogen) atoms. The fourth-order valence-corrected chi connectivity index (χ4v) is 4.23. The molecule has 5 atom stereocenters. The summed E-state index contributed by atoms with van der Waals surface area (Å²) in [5, 5.41) is 9.94. The predicted molar refractivity (Wildman–Crippen MR) is 67.7 cm³/mol. The first-order valence-electron chi connectivity index (χ1n) is 6.66. The molecule has 1 saturated heterocycles. The van der Waals surface area contributed by atoms with Crippen molar-refractivity contribution >= 4 is 5.97 Å². The van der Waals surface area contributed by atoms with Crippen molar-refractivity contribution in [2.75, 3.05) is 0 Å². The Kier molecular flexibility index (Phi) is 2.46. The van der Waals surface area contributed by atoms with E-state index in [0.717, 1.165) is 24.8 Å². The highest BCUT2D eigenvalue weighted by atomic mass is 16.6. The summed E-state index contributed by atoms with van der Waals surface area (Å²) in [6.07, 6.45) is 2.86. The summed E-state index contributed by atoms with van der Waals surface area (Å²) in [4.78, 5) is 11.6. The van der Waals surface area contributed by atoms with E-state index in [1.165, 1.54) is 0 Å². The van der Waals surface area contributed by atoms with Crippen LogP contribution in [0.4, 0.5) is 0 Å². The van der Waals surface area contributed by atoms with Gasteiger partial charge in [0.25, 0.3) is 0 Å². The molecule has 0 amide bonds. The van der Waals surface area contributed by atoms with Crippen LogP contribution in [0.1, 0.15) is 32.6 Å². The molecule has 0 aromatic carbocycles. The van der Waals surface area contributed by atoms with Gasteiger partial charge in [0, 0.05) is 11.5 Å². The van der Waals surface area contributed by atoms with E-state index < -0.39 is 0 Å². The Balaban J connectivity index is 1.91. The zero-order valence-electron chi connectivity index (χ0n) is 10.8. The number of fused-ring (bicyclic) bond motifs is 2. The molecule has 3 fully saturated rings. The minimum absolute atomic E-state index is 0.0147. The van der Waals surface area contributed by atoms with Crippen molar-refractivity contribution in [2.24, 2.45) is 17.3 Å². The third-order valence-electron chi connectivity index (χ3n) is 5.11. The fraction of sp³-hybridized carbons (Fsp3) is 0.667. The fourth-order valence-electron chi connectivity index (χ4n) is 4.23. The van der Waals surface area contributed by atoms with Crippen LogP contribution in [0.3, 0.4) is 0 Å².